The van der Waals surface area contributed by atoms with Gasteiger partial charge in [-0.2, -0.15) is 0 Å². The van der Waals surface area contributed by atoms with Crippen LogP contribution in [-0.2, 0) is 10.0 Å². The summed E-state index contributed by atoms with van der Waals surface area (Å²) in [6.45, 7) is 2.75. The first-order valence-corrected chi connectivity index (χ1v) is 7.99. The quantitative estimate of drug-likeness (QED) is 0.907. The molecule has 0 bridgehead atoms. The van der Waals surface area contributed by atoms with Crippen molar-refractivity contribution in [3.63, 3.8) is 0 Å². The van der Waals surface area contributed by atoms with Crippen LogP contribution in [0.2, 0.25) is 0 Å². The Balaban J connectivity index is 2.24. The van der Waals surface area contributed by atoms with Crippen molar-refractivity contribution in [1.82, 2.24) is 4.72 Å². The Labute approximate surface area is 109 Å². The standard InChI is InChI=1S/C13H20N2O2S/c1-3-10-18(16,17)14-12-8-9-15(2)13-7-5-4-6-11(12)13/h4-7,12,14H,3,8-10H2,1-2H3. The summed E-state index contributed by atoms with van der Waals surface area (Å²) in [5.74, 6) is 0.196. The maximum atomic E-state index is 11.9. The second kappa shape index (κ2) is 5.28. The Hall–Kier alpha value is -1.07. The monoisotopic (exact) mass is 268 g/mol. The normalized spacial score (nSPS) is 19.7. The third kappa shape index (κ3) is 2.84. The zero-order chi connectivity index (χ0) is 13.2. The van der Waals surface area contributed by atoms with Crippen molar-refractivity contribution < 1.29 is 8.42 Å². The first-order chi connectivity index (χ1) is 8.53. The van der Waals surface area contributed by atoms with E-state index in [1.54, 1.807) is 0 Å². The van der Waals surface area contributed by atoms with Crippen LogP contribution in [0.25, 0.3) is 0 Å². The molecule has 4 nitrogen and oxygen atoms in total. The zero-order valence-corrected chi connectivity index (χ0v) is 11.7. The van der Waals surface area contributed by atoms with Gasteiger partial charge in [-0.3, -0.25) is 0 Å². The molecule has 0 saturated heterocycles. The van der Waals surface area contributed by atoms with Crippen molar-refractivity contribution >= 4 is 15.7 Å². The number of benzene rings is 1. The Bertz CT molecular complexity index is 513. The van der Waals surface area contributed by atoms with Gasteiger partial charge in [0.15, 0.2) is 0 Å². The maximum absolute atomic E-state index is 11.9. The van der Waals surface area contributed by atoms with Crippen LogP contribution < -0.4 is 9.62 Å². The summed E-state index contributed by atoms with van der Waals surface area (Å²) >= 11 is 0. The first kappa shape index (κ1) is 13.4. The molecule has 2 rings (SSSR count). The minimum atomic E-state index is -3.16. The van der Waals surface area contributed by atoms with Crippen molar-refractivity contribution in [3.8, 4) is 0 Å². The summed E-state index contributed by atoms with van der Waals surface area (Å²) in [6.07, 6.45) is 1.46. The highest BCUT2D eigenvalue weighted by Gasteiger charge is 2.26. The second-order valence-corrected chi connectivity index (χ2v) is 6.63. The van der Waals surface area contributed by atoms with Crippen LogP contribution in [0.5, 0.6) is 0 Å². The molecule has 0 radical (unpaired) electrons. The number of rotatable bonds is 4. The fourth-order valence-electron chi connectivity index (χ4n) is 2.40. The van der Waals surface area contributed by atoms with E-state index in [9.17, 15) is 8.42 Å². The Morgan fingerprint density at radius 1 is 1.39 bits per heavy atom. The topological polar surface area (TPSA) is 49.4 Å². The third-order valence-electron chi connectivity index (χ3n) is 3.27. The Morgan fingerprint density at radius 3 is 2.83 bits per heavy atom. The van der Waals surface area contributed by atoms with Crippen LogP contribution in [0.15, 0.2) is 24.3 Å². The summed E-state index contributed by atoms with van der Waals surface area (Å²) < 4.78 is 26.5. The SMILES string of the molecule is CCCS(=O)(=O)NC1CCN(C)c2ccccc21. The fraction of sp³-hybridized carbons (Fsp3) is 0.538. The van der Waals surface area contributed by atoms with Gasteiger partial charge in [-0.25, -0.2) is 13.1 Å². The Morgan fingerprint density at radius 2 is 2.11 bits per heavy atom. The number of sulfonamides is 1. The highest BCUT2D eigenvalue weighted by molar-refractivity contribution is 7.89. The lowest BCUT2D eigenvalue weighted by molar-refractivity contribution is 0.528. The molecule has 0 amide bonds. The van der Waals surface area contributed by atoms with Crippen molar-refractivity contribution in [3.05, 3.63) is 29.8 Å². The van der Waals surface area contributed by atoms with Crippen LogP contribution >= 0.6 is 0 Å². The number of hydrogen-bond donors (Lipinski definition) is 1. The average Bonchev–Trinajstić information content (AvgIpc) is 2.33. The van der Waals surface area contributed by atoms with Gasteiger partial charge in [0.25, 0.3) is 0 Å². The molecule has 1 heterocycles. The molecule has 0 aromatic heterocycles. The van der Waals surface area contributed by atoms with Crippen LogP contribution in [-0.4, -0.2) is 27.8 Å². The molecule has 0 aliphatic carbocycles. The third-order valence-corrected chi connectivity index (χ3v) is 4.86. The van der Waals surface area contributed by atoms with E-state index in [1.807, 2.05) is 38.2 Å². The van der Waals surface area contributed by atoms with Gasteiger partial charge in [0.1, 0.15) is 0 Å². The molecule has 5 heteroatoms. The van der Waals surface area contributed by atoms with E-state index in [4.69, 9.17) is 0 Å². The van der Waals surface area contributed by atoms with Gasteiger partial charge in [0.05, 0.1) is 11.8 Å². The Kier molecular flexibility index (Phi) is 3.92. The number of anilines is 1. The molecule has 1 N–H and O–H groups in total. The molecule has 1 unspecified atom stereocenters. The minimum absolute atomic E-state index is 0.0889. The highest BCUT2D eigenvalue weighted by Crippen LogP contribution is 2.32. The molecule has 0 saturated carbocycles. The van der Waals surface area contributed by atoms with Gasteiger partial charge in [-0.15, -0.1) is 0 Å². The number of fused-ring (bicyclic) bond motifs is 1. The van der Waals surface area contributed by atoms with Crippen LogP contribution in [0, 0.1) is 0 Å². The summed E-state index contributed by atoms with van der Waals surface area (Å²) in [4.78, 5) is 2.17. The number of hydrogen-bond acceptors (Lipinski definition) is 3. The van der Waals surface area contributed by atoms with Crippen LogP contribution in [0.4, 0.5) is 5.69 Å². The van der Waals surface area contributed by atoms with E-state index in [-0.39, 0.29) is 11.8 Å². The van der Waals surface area contributed by atoms with Crippen molar-refractivity contribution in [2.45, 2.75) is 25.8 Å². The largest absolute Gasteiger partial charge is 0.374 e. The lowest BCUT2D eigenvalue weighted by Crippen LogP contribution is -2.37. The molecule has 1 atom stereocenters. The molecule has 1 aliphatic rings. The van der Waals surface area contributed by atoms with Gasteiger partial charge in [-0.05, 0) is 24.5 Å². The van der Waals surface area contributed by atoms with Crippen molar-refractivity contribution in [1.29, 1.82) is 0 Å². The minimum Gasteiger partial charge on any atom is -0.374 e. The molecular formula is C13H20N2O2S. The van der Waals surface area contributed by atoms with Gasteiger partial charge in [0, 0.05) is 19.3 Å². The van der Waals surface area contributed by atoms with Crippen molar-refractivity contribution in [2.24, 2.45) is 0 Å². The summed E-state index contributed by atoms with van der Waals surface area (Å²) in [7, 11) is -1.12. The van der Waals surface area contributed by atoms with Crippen LogP contribution in [0.3, 0.4) is 0 Å². The van der Waals surface area contributed by atoms with E-state index in [1.165, 1.54) is 0 Å². The molecule has 0 spiro atoms. The molecule has 1 aliphatic heterocycles. The molecule has 1 aromatic carbocycles. The molecule has 100 valence electrons. The van der Waals surface area contributed by atoms with Gasteiger partial charge in [0.2, 0.25) is 10.0 Å². The summed E-state index contributed by atoms with van der Waals surface area (Å²) in [6, 6.07) is 7.89. The van der Waals surface area contributed by atoms with E-state index in [0.717, 1.165) is 24.2 Å². The van der Waals surface area contributed by atoms with Gasteiger partial charge in [-0.1, -0.05) is 25.1 Å². The molecule has 1 aromatic rings. The molecule has 18 heavy (non-hydrogen) atoms. The van der Waals surface area contributed by atoms with E-state index in [0.29, 0.717) is 6.42 Å². The summed E-state index contributed by atoms with van der Waals surface area (Å²) in [5, 5.41) is 0. The average molecular weight is 268 g/mol. The van der Waals surface area contributed by atoms with E-state index < -0.39 is 10.0 Å². The lowest BCUT2D eigenvalue weighted by atomic mass is 9.98. The first-order valence-electron chi connectivity index (χ1n) is 6.33. The zero-order valence-electron chi connectivity index (χ0n) is 10.9. The maximum Gasteiger partial charge on any atom is 0.212 e. The summed E-state index contributed by atoms with van der Waals surface area (Å²) in [5.41, 5.74) is 2.19. The van der Waals surface area contributed by atoms with E-state index in [2.05, 4.69) is 9.62 Å². The number of nitrogens with zero attached hydrogens (tertiary/aromatic N) is 1. The number of nitrogens with one attached hydrogen (secondary N) is 1. The van der Waals surface area contributed by atoms with Gasteiger partial charge >= 0.3 is 0 Å². The highest BCUT2D eigenvalue weighted by atomic mass is 32.2. The predicted octanol–water partition coefficient (Wildman–Crippen LogP) is 1.90. The van der Waals surface area contributed by atoms with Crippen LogP contribution in [0.1, 0.15) is 31.4 Å². The fourth-order valence-corrected chi connectivity index (χ4v) is 3.73. The van der Waals surface area contributed by atoms with E-state index >= 15 is 0 Å². The lowest BCUT2D eigenvalue weighted by Gasteiger charge is -2.33. The second-order valence-electron chi connectivity index (χ2n) is 4.76. The number of para-hydroxylation sites is 1. The molecular weight excluding hydrogens is 248 g/mol. The van der Waals surface area contributed by atoms with Crippen molar-refractivity contribution in [2.75, 3.05) is 24.2 Å². The smallest absolute Gasteiger partial charge is 0.212 e. The predicted molar refractivity (Wildman–Crippen MR) is 74.3 cm³/mol. The molecule has 0 fully saturated rings. The van der Waals surface area contributed by atoms with Gasteiger partial charge < -0.3 is 4.90 Å².